The molecule has 1 aliphatic heterocycles. The largest absolute Gasteiger partial charge is 0.459 e. The maximum absolute atomic E-state index is 12.1. The molecule has 4 atom stereocenters. The van der Waals surface area contributed by atoms with Crippen molar-refractivity contribution in [1.82, 2.24) is 0 Å². The lowest BCUT2D eigenvalue weighted by atomic mass is 9.69. The number of fused-ring (bicyclic) bond motifs is 3. The van der Waals surface area contributed by atoms with Crippen molar-refractivity contribution in [1.29, 1.82) is 0 Å². The second-order valence-corrected chi connectivity index (χ2v) is 8.86. The molecule has 128 valence electrons. The fourth-order valence-electron chi connectivity index (χ4n) is 5.25. The van der Waals surface area contributed by atoms with E-state index in [0.29, 0.717) is 17.9 Å². The summed E-state index contributed by atoms with van der Waals surface area (Å²) in [5.74, 6) is 0.389. The summed E-state index contributed by atoms with van der Waals surface area (Å²) in [5, 5.41) is 0. The minimum Gasteiger partial charge on any atom is -0.459 e. The lowest BCUT2D eigenvalue weighted by Gasteiger charge is -2.43. The first-order valence-electron chi connectivity index (χ1n) is 8.66. The molecule has 0 aromatic carbocycles. The van der Waals surface area contributed by atoms with Crippen molar-refractivity contribution in [2.24, 2.45) is 17.3 Å². The van der Waals surface area contributed by atoms with Gasteiger partial charge in [0.1, 0.15) is 11.2 Å². The number of carbonyl (C=O) groups is 2. The van der Waals surface area contributed by atoms with Crippen molar-refractivity contribution in [2.45, 2.75) is 77.4 Å². The Morgan fingerprint density at radius 2 is 1.96 bits per heavy atom. The molecular formula is C19H28O4. The van der Waals surface area contributed by atoms with E-state index >= 15 is 0 Å². The molecule has 23 heavy (non-hydrogen) atoms. The monoisotopic (exact) mass is 320 g/mol. The van der Waals surface area contributed by atoms with E-state index in [-0.39, 0.29) is 28.9 Å². The highest BCUT2D eigenvalue weighted by atomic mass is 16.6. The van der Waals surface area contributed by atoms with E-state index in [2.05, 4.69) is 20.4 Å². The molecule has 0 aromatic rings. The molecule has 2 aliphatic carbocycles. The summed E-state index contributed by atoms with van der Waals surface area (Å²) < 4.78 is 11.7. The highest BCUT2D eigenvalue weighted by Gasteiger charge is 2.60. The Morgan fingerprint density at radius 1 is 1.26 bits per heavy atom. The molecule has 4 nitrogen and oxygen atoms in total. The topological polar surface area (TPSA) is 52.6 Å². The van der Waals surface area contributed by atoms with Gasteiger partial charge in [0.2, 0.25) is 0 Å². The van der Waals surface area contributed by atoms with Crippen LogP contribution >= 0.6 is 0 Å². The minimum atomic E-state index is -0.526. The molecule has 3 rings (SSSR count). The Kier molecular flexibility index (Phi) is 3.66. The molecule has 2 bridgehead atoms. The van der Waals surface area contributed by atoms with Gasteiger partial charge in [-0.2, -0.15) is 0 Å². The van der Waals surface area contributed by atoms with Crippen LogP contribution in [0.15, 0.2) is 12.2 Å². The van der Waals surface area contributed by atoms with E-state index in [1.54, 1.807) is 6.92 Å². The van der Waals surface area contributed by atoms with Crippen LogP contribution in [-0.4, -0.2) is 23.1 Å². The van der Waals surface area contributed by atoms with E-state index in [0.717, 1.165) is 32.1 Å². The van der Waals surface area contributed by atoms with E-state index in [1.807, 2.05) is 6.92 Å². The van der Waals surface area contributed by atoms with Crippen molar-refractivity contribution >= 4 is 11.9 Å². The predicted octanol–water partition coefficient (Wildman–Crippen LogP) is 3.79. The van der Waals surface area contributed by atoms with Gasteiger partial charge in [0.25, 0.3) is 0 Å². The summed E-state index contributed by atoms with van der Waals surface area (Å²) in [6.45, 7) is 11.9. The first kappa shape index (κ1) is 16.5. The maximum atomic E-state index is 12.1. The van der Waals surface area contributed by atoms with Crippen LogP contribution in [0.25, 0.3) is 0 Å². The average Bonchev–Trinajstić information content (AvgIpc) is 2.91. The molecule has 1 heterocycles. The van der Waals surface area contributed by atoms with Crippen molar-refractivity contribution < 1.29 is 19.1 Å². The molecule has 4 heteroatoms. The zero-order chi connectivity index (χ0) is 17.0. The number of hydrogen-bond acceptors (Lipinski definition) is 4. The molecule has 1 spiro atoms. The third-order valence-corrected chi connectivity index (χ3v) is 6.27. The Morgan fingerprint density at radius 3 is 2.52 bits per heavy atom. The number of hydrogen-bond donors (Lipinski definition) is 0. The van der Waals surface area contributed by atoms with Crippen LogP contribution in [0.4, 0.5) is 0 Å². The summed E-state index contributed by atoms with van der Waals surface area (Å²) in [7, 11) is 0. The van der Waals surface area contributed by atoms with Crippen LogP contribution in [0, 0.1) is 17.3 Å². The Labute approximate surface area is 138 Å². The SMILES string of the molecule is C=C(C)C(=O)OC1(C)CC2CC(CC23CCC(=O)O3)C(C)(C)C1. The molecular weight excluding hydrogens is 292 g/mol. The lowest BCUT2D eigenvalue weighted by molar-refractivity contribution is -0.167. The summed E-state index contributed by atoms with van der Waals surface area (Å²) in [4.78, 5) is 23.9. The van der Waals surface area contributed by atoms with Crippen LogP contribution in [0.5, 0.6) is 0 Å². The van der Waals surface area contributed by atoms with Gasteiger partial charge in [-0.05, 0) is 57.3 Å². The van der Waals surface area contributed by atoms with Crippen molar-refractivity contribution in [2.75, 3.05) is 0 Å². The lowest BCUT2D eigenvalue weighted by Crippen LogP contribution is -2.45. The summed E-state index contributed by atoms with van der Waals surface area (Å²) in [6.07, 6.45) is 4.95. The highest BCUT2D eigenvalue weighted by molar-refractivity contribution is 5.87. The fourth-order valence-corrected chi connectivity index (χ4v) is 5.25. The van der Waals surface area contributed by atoms with Gasteiger partial charge in [-0.25, -0.2) is 4.79 Å². The van der Waals surface area contributed by atoms with Gasteiger partial charge >= 0.3 is 11.9 Å². The number of rotatable bonds is 2. The molecule has 0 radical (unpaired) electrons. The Bertz CT molecular complexity index is 564. The quantitative estimate of drug-likeness (QED) is 0.574. The van der Waals surface area contributed by atoms with E-state index < -0.39 is 5.60 Å². The van der Waals surface area contributed by atoms with Gasteiger partial charge in [-0.1, -0.05) is 20.4 Å². The maximum Gasteiger partial charge on any atom is 0.333 e. The van der Waals surface area contributed by atoms with Crippen molar-refractivity contribution in [3.63, 3.8) is 0 Å². The Balaban J connectivity index is 1.90. The van der Waals surface area contributed by atoms with Gasteiger partial charge < -0.3 is 9.47 Å². The van der Waals surface area contributed by atoms with Crippen LogP contribution in [-0.2, 0) is 19.1 Å². The summed E-state index contributed by atoms with van der Waals surface area (Å²) >= 11 is 0. The molecule has 1 saturated heterocycles. The van der Waals surface area contributed by atoms with Crippen molar-refractivity contribution in [3.05, 3.63) is 12.2 Å². The van der Waals surface area contributed by atoms with Crippen LogP contribution in [0.2, 0.25) is 0 Å². The molecule has 3 fully saturated rings. The number of ether oxygens (including phenoxy) is 2. The normalized spacial score (nSPS) is 41.5. The Hall–Kier alpha value is -1.32. The molecule has 0 aromatic heterocycles. The second-order valence-electron chi connectivity index (χ2n) is 8.86. The standard InChI is InChI=1S/C19H28O4/c1-12(2)16(21)23-18(5)9-14-8-13(17(3,4)11-18)10-19(14)7-6-15(20)22-19/h13-14H,1,6-11H2,2-5H3. The first-order valence-corrected chi connectivity index (χ1v) is 8.66. The third kappa shape index (κ3) is 2.81. The van der Waals surface area contributed by atoms with E-state index in [4.69, 9.17) is 9.47 Å². The smallest absolute Gasteiger partial charge is 0.333 e. The van der Waals surface area contributed by atoms with E-state index in [1.165, 1.54) is 0 Å². The number of carbonyl (C=O) groups excluding carboxylic acids is 2. The zero-order valence-corrected chi connectivity index (χ0v) is 14.7. The minimum absolute atomic E-state index is 0.0529. The van der Waals surface area contributed by atoms with Gasteiger partial charge in [-0.15, -0.1) is 0 Å². The second kappa shape index (κ2) is 5.09. The van der Waals surface area contributed by atoms with Gasteiger partial charge in [-0.3, -0.25) is 4.79 Å². The molecule has 2 saturated carbocycles. The zero-order valence-electron chi connectivity index (χ0n) is 14.7. The molecule has 0 amide bonds. The van der Waals surface area contributed by atoms with Crippen LogP contribution in [0.3, 0.4) is 0 Å². The predicted molar refractivity (Wildman–Crippen MR) is 86.6 cm³/mol. The third-order valence-electron chi connectivity index (χ3n) is 6.27. The summed E-state index contributed by atoms with van der Waals surface area (Å²) in [6, 6.07) is 0. The average molecular weight is 320 g/mol. The van der Waals surface area contributed by atoms with Gasteiger partial charge in [0.05, 0.1) is 0 Å². The molecule has 4 unspecified atom stereocenters. The van der Waals surface area contributed by atoms with Crippen molar-refractivity contribution in [3.8, 4) is 0 Å². The first-order chi connectivity index (χ1) is 10.6. The number of esters is 2. The molecule has 0 N–H and O–H groups in total. The fraction of sp³-hybridized carbons (Fsp3) is 0.789. The van der Waals surface area contributed by atoms with Crippen LogP contribution in [0.1, 0.15) is 66.2 Å². The van der Waals surface area contributed by atoms with Gasteiger partial charge in [0, 0.05) is 17.9 Å². The van der Waals surface area contributed by atoms with E-state index in [9.17, 15) is 9.59 Å². The molecule has 3 aliphatic rings. The van der Waals surface area contributed by atoms with Crippen LogP contribution < -0.4 is 0 Å². The van der Waals surface area contributed by atoms with Gasteiger partial charge in [0.15, 0.2) is 0 Å². The summed E-state index contributed by atoms with van der Waals surface area (Å²) in [5.41, 5.74) is -0.366. The highest BCUT2D eigenvalue weighted by Crippen LogP contribution is 2.60.